The van der Waals surface area contributed by atoms with Crippen molar-refractivity contribution in [1.82, 2.24) is 4.57 Å². The zero-order chi connectivity index (χ0) is 17.9. The topological polar surface area (TPSA) is 60.7 Å². The molecule has 2 aromatic rings. The predicted molar refractivity (Wildman–Crippen MR) is 95.1 cm³/mol. The molecular weight excluding hydrogens is 306 g/mol. The molecule has 2 heterocycles. The number of fused-ring (bicyclic) bond motifs is 1. The van der Waals surface area contributed by atoms with Crippen molar-refractivity contribution in [3.63, 3.8) is 0 Å². The third kappa shape index (κ3) is 3.56. The summed E-state index contributed by atoms with van der Waals surface area (Å²) in [5.41, 5.74) is 2.36. The number of benzene rings is 1. The van der Waals surface area contributed by atoms with Gasteiger partial charge in [-0.05, 0) is 29.7 Å². The summed E-state index contributed by atoms with van der Waals surface area (Å²) in [7, 11) is 1.80. The van der Waals surface area contributed by atoms with E-state index < -0.39 is 5.97 Å². The lowest BCUT2D eigenvalue weighted by atomic mass is 10.00. The zero-order valence-electron chi connectivity index (χ0n) is 15.1. The van der Waals surface area contributed by atoms with E-state index in [0.29, 0.717) is 18.2 Å². The maximum Gasteiger partial charge on any atom is 0.352 e. The summed E-state index contributed by atoms with van der Waals surface area (Å²) >= 11 is 0. The normalized spacial score (nSPS) is 14.2. The van der Waals surface area contributed by atoms with Gasteiger partial charge in [0.05, 0.1) is 25.3 Å². The van der Waals surface area contributed by atoms with E-state index in [2.05, 4.69) is 13.8 Å². The summed E-state index contributed by atoms with van der Waals surface area (Å²) in [5, 5.41) is 10.2. The second-order valence-corrected chi connectivity index (χ2v) is 6.21. The predicted octanol–water partition coefficient (Wildman–Crippen LogP) is 4.05. The van der Waals surface area contributed by atoms with Crippen molar-refractivity contribution in [2.24, 2.45) is 13.0 Å². The molecule has 0 spiro atoms. The maximum atomic E-state index is 11.4. The first kappa shape index (κ1) is 18.3. The molecule has 0 saturated carbocycles. The van der Waals surface area contributed by atoms with E-state index in [1.807, 2.05) is 26.0 Å². The molecule has 132 valence electrons. The van der Waals surface area contributed by atoms with Crippen LogP contribution < -0.4 is 4.74 Å². The summed E-state index contributed by atoms with van der Waals surface area (Å²) in [4.78, 5) is 11.4. The van der Waals surface area contributed by atoms with Crippen molar-refractivity contribution in [3.05, 3.63) is 29.5 Å². The highest BCUT2D eigenvalue weighted by Crippen LogP contribution is 2.32. The Labute approximate surface area is 143 Å². The Morgan fingerprint density at radius 3 is 2.50 bits per heavy atom. The molecule has 1 N–H and O–H groups in total. The standard InChI is InChI=1S/C17H21NO4.C2H6/c1-10(2)14-6-13(22-9-11-7-21-8-11)4-12-5-15(17(19)20)18(3)16(12)14;1-2/h4-6,10-11H,7-9H2,1-3H3,(H,19,20);1-2H3. The average molecular weight is 333 g/mol. The van der Waals surface area contributed by atoms with E-state index in [4.69, 9.17) is 9.47 Å². The van der Waals surface area contributed by atoms with Crippen LogP contribution in [0.4, 0.5) is 0 Å². The van der Waals surface area contributed by atoms with Crippen molar-refractivity contribution in [1.29, 1.82) is 0 Å². The second-order valence-electron chi connectivity index (χ2n) is 6.21. The number of ether oxygens (including phenoxy) is 2. The average Bonchev–Trinajstić information content (AvgIpc) is 2.84. The van der Waals surface area contributed by atoms with Crippen LogP contribution in [0.15, 0.2) is 18.2 Å². The van der Waals surface area contributed by atoms with Gasteiger partial charge in [0.25, 0.3) is 0 Å². The Hall–Kier alpha value is -2.01. The van der Waals surface area contributed by atoms with E-state index >= 15 is 0 Å². The van der Waals surface area contributed by atoms with Gasteiger partial charge in [-0.2, -0.15) is 0 Å². The highest BCUT2D eigenvalue weighted by atomic mass is 16.5. The molecule has 24 heavy (non-hydrogen) atoms. The van der Waals surface area contributed by atoms with Crippen molar-refractivity contribution in [2.75, 3.05) is 19.8 Å². The molecular formula is C19H27NO4. The number of hydrogen-bond acceptors (Lipinski definition) is 3. The van der Waals surface area contributed by atoms with Crippen molar-refractivity contribution < 1.29 is 19.4 Å². The van der Waals surface area contributed by atoms with Gasteiger partial charge < -0.3 is 19.1 Å². The Balaban J connectivity index is 0.00000100. The molecule has 0 atom stereocenters. The molecule has 3 rings (SSSR count). The van der Waals surface area contributed by atoms with E-state index in [9.17, 15) is 9.90 Å². The lowest BCUT2D eigenvalue weighted by molar-refractivity contribution is -0.0508. The highest BCUT2D eigenvalue weighted by molar-refractivity contribution is 5.96. The number of carboxylic acids is 1. The van der Waals surface area contributed by atoms with Gasteiger partial charge >= 0.3 is 5.97 Å². The molecule has 0 unspecified atom stereocenters. The van der Waals surface area contributed by atoms with Crippen LogP contribution in [0.5, 0.6) is 5.75 Å². The van der Waals surface area contributed by atoms with Gasteiger partial charge in [-0.15, -0.1) is 0 Å². The molecule has 0 aliphatic carbocycles. The molecule has 1 aromatic carbocycles. The van der Waals surface area contributed by atoms with E-state index in [1.165, 1.54) is 0 Å². The van der Waals surface area contributed by atoms with Crippen molar-refractivity contribution in [2.45, 2.75) is 33.6 Å². The number of nitrogens with zero attached hydrogens (tertiary/aromatic N) is 1. The molecule has 0 radical (unpaired) electrons. The number of hydrogen-bond donors (Lipinski definition) is 1. The van der Waals surface area contributed by atoms with E-state index in [1.54, 1.807) is 17.7 Å². The van der Waals surface area contributed by atoms with Crippen LogP contribution in [0.25, 0.3) is 10.9 Å². The smallest absolute Gasteiger partial charge is 0.352 e. The third-order valence-electron chi connectivity index (χ3n) is 4.17. The number of carbonyl (C=O) groups is 1. The molecule has 0 bridgehead atoms. The number of carboxylic acid groups (broad SMARTS) is 1. The maximum absolute atomic E-state index is 11.4. The SMILES string of the molecule is CC.CC(C)c1cc(OCC2COC2)cc2cc(C(=O)O)n(C)c12. The molecule has 5 nitrogen and oxygen atoms in total. The first-order valence-electron chi connectivity index (χ1n) is 8.54. The minimum atomic E-state index is -0.914. The lowest BCUT2D eigenvalue weighted by Crippen LogP contribution is -2.32. The molecule has 1 aliphatic heterocycles. The number of aryl methyl sites for hydroxylation is 1. The largest absolute Gasteiger partial charge is 0.493 e. The zero-order valence-corrected chi connectivity index (χ0v) is 15.1. The van der Waals surface area contributed by atoms with Crippen LogP contribution in [-0.4, -0.2) is 35.5 Å². The summed E-state index contributed by atoms with van der Waals surface area (Å²) in [6.45, 7) is 10.4. The van der Waals surface area contributed by atoms with Crippen molar-refractivity contribution >= 4 is 16.9 Å². The molecule has 1 aromatic heterocycles. The Morgan fingerprint density at radius 2 is 2.00 bits per heavy atom. The van der Waals surface area contributed by atoms with Crippen LogP contribution in [0.3, 0.4) is 0 Å². The van der Waals surface area contributed by atoms with E-state index in [0.717, 1.165) is 35.4 Å². The van der Waals surface area contributed by atoms with Gasteiger partial charge in [0.15, 0.2) is 0 Å². The van der Waals surface area contributed by atoms with Crippen molar-refractivity contribution in [3.8, 4) is 5.75 Å². The first-order valence-corrected chi connectivity index (χ1v) is 8.54. The minimum Gasteiger partial charge on any atom is -0.493 e. The Bertz CT molecular complexity index is 714. The number of aromatic nitrogens is 1. The monoisotopic (exact) mass is 333 g/mol. The van der Waals surface area contributed by atoms with Crippen LogP contribution in [0.1, 0.15) is 49.7 Å². The van der Waals surface area contributed by atoms with Gasteiger partial charge in [0.2, 0.25) is 0 Å². The Kier molecular flexibility index (Phi) is 5.89. The summed E-state index contributed by atoms with van der Waals surface area (Å²) in [6.07, 6.45) is 0. The quantitative estimate of drug-likeness (QED) is 0.896. The summed E-state index contributed by atoms with van der Waals surface area (Å²) in [5.74, 6) is 0.630. The van der Waals surface area contributed by atoms with Crippen LogP contribution in [0.2, 0.25) is 0 Å². The van der Waals surface area contributed by atoms with Crippen LogP contribution >= 0.6 is 0 Å². The molecule has 1 saturated heterocycles. The van der Waals surface area contributed by atoms with Crippen LogP contribution in [0, 0.1) is 5.92 Å². The molecule has 1 aliphatic rings. The van der Waals surface area contributed by atoms with Gasteiger partial charge in [-0.3, -0.25) is 0 Å². The number of rotatable bonds is 5. The van der Waals surface area contributed by atoms with Gasteiger partial charge in [0.1, 0.15) is 11.4 Å². The number of aromatic carboxylic acids is 1. The van der Waals surface area contributed by atoms with Gasteiger partial charge in [0, 0.05) is 18.4 Å². The summed E-state index contributed by atoms with van der Waals surface area (Å²) in [6, 6.07) is 5.66. The fourth-order valence-electron chi connectivity index (χ4n) is 2.84. The molecule has 5 heteroatoms. The van der Waals surface area contributed by atoms with Gasteiger partial charge in [-0.1, -0.05) is 27.7 Å². The second kappa shape index (κ2) is 7.71. The molecule has 0 amide bonds. The highest BCUT2D eigenvalue weighted by Gasteiger charge is 2.21. The fourth-order valence-corrected chi connectivity index (χ4v) is 2.84. The van der Waals surface area contributed by atoms with Gasteiger partial charge in [-0.25, -0.2) is 4.79 Å². The van der Waals surface area contributed by atoms with Crippen LogP contribution in [-0.2, 0) is 11.8 Å². The van der Waals surface area contributed by atoms with E-state index in [-0.39, 0.29) is 5.92 Å². The summed E-state index contributed by atoms with van der Waals surface area (Å²) < 4.78 is 12.8. The first-order chi connectivity index (χ1) is 11.5. The lowest BCUT2D eigenvalue weighted by Gasteiger charge is -2.26. The molecule has 1 fully saturated rings. The Morgan fingerprint density at radius 1 is 1.33 bits per heavy atom. The third-order valence-corrected chi connectivity index (χ3v) is 4.17. The minimum absolute atomic E-state index is 0.285. The fraction of sp³-hybridized carbons (Fsp3) is 0.526.